The van der Waals surface area contributed by atoms with Crippen LogP contribution in [0.15, 0.2) is 30.3 Å². The van der Waals surface area contributed by atoms with Gasteiger partial charge >= 0.3 is 6.09 Å². The summed E-state index contributed by atoms with van der Waals surface area (Å²) in [6, 6.07) is 10.8. The minimum absolute atomic E-state index is 0.0248. The van der Waals surface area contributed by atoms with Gasteiger partial charge < -0.3 is 24.2 Å². The first-order valence-electron chi connectivity index (χ1n) is 17.0. The number of carboxylic acid groups (broad SMARTS) is 1. The lowest BCUT2D eigenvalue weighted by molar-refractivity contribution is 0.0927. The van der Waals surface area contributed by atoms with Crippen LogP contribution in [0, 0.1) is 35.5 Å². The number of terminal acetylenes is 1. The average molecular weight is 625 g/mol. The van der Waals surface area contributed by atoms with Crippen molar-refractivity contribution in [1.82, 2.24) is 24.8 Å². The van der Waals surface area contributed by atoms with Crippen molar-refractivity contribution in [2.75, 3.05) is 36.1 Å². The van der Waals surface area contributed by atoms with Crippen molar-refractivity contribution in [2.45, 2.75) is 82.8 Å². The highest BCUT2D eigenvalue weighted by Crippen LogP contribution is 2.42. The van der Waals surface area contributed by atoms with Crippen LogP contribution in [0.3, 0.4) is 0 Å². The zero-order valence-electron chi connectivity index (χ0n) is 26.4. The quantitative estimate of drug-likeness (QED) is 0.176. The van der Waals surface area contributed by atoms with Crippen molar-refractivity contribution >= 4 is 34.9 Å². The predicted octanol–water partition coefficient (Wildman–Crippen LogP) is 5.60. The number of imidazole rings is 1. The fraction of sp³-hybridized carbons (Fsp3) is 0.571. The Bertz CT molecular complexity index is 1610. The molecule has 11 nitrogen and oxygen atoms in total. The number of piperidine rings is 1. The molecule has 2 aliphatic carbocycles. The number of amides is 1. The maximum Gasteiger partial charge on any atom is 0.410 e. The smallest absolute Gasteiger partial charge is 0.410 e. The minimum atomic E-state index is -1.31. The summed E-state index contributed by atoms with van der Waals surface area (Å²) >= 11 is 0. The van der Waals surface area contributed by atoms with Gasteiger partial charge in [-0.15, -0.1) is 12.3 Å². The summed E-state index contributed by atoms with van der Waals surface area (Å²) in [5, 5.41) is 20.2. The summed E-state index contributed by atoms with van der Waals surface area (Å²) in [6.45, 7) is 3.45. The van der Waals surface area contributed by atoms with Gasteiger partial charge in [0, 0.05) is 31.6 Å². The molecule has 2 atom stereocenters. The van der Waals surface area contributed by atoms with Gasteiger partial charge in [0.1, 0.15) is 5.52 Å². The number of anilines is 2. The molecular formula is C35H44N8O3. The Kier molecular flexibility index (Phi) is 8.80. The Labute approximate surface area is 270 Å². The standard InChI is InChI=1S/C35H44N8O3/c1-2-23-14-16-24(17-15-23)21-43-29-31(40-34(43)42-19-20-46-22-28(42)26-9-4-3-5-10-26)38-32(30(36)37-35(44)45)39-33(29)41-18-7-6-13-27(41)25-11-8-12-25/h1,3-5,9-10,23-25,27-28H,6-8,11-22H2,(H2,36,37)(H,44,45)/t23-,24-,27?,28-/m0/s1. The Morgan fingerprint density at radius 3 is 2.52 bits per heavy atom. The van der Waals surface area contributed by atoms with Crippen LogP contribution in [0.5, 0.6) is 0 Å². The number of benzene rings is 1. The van der Waals surface area contributed by atoms with Crippen molar-refractivity contribution < 1.29 is 14.6 Å². The largest absolute Gasteiger partial charge is 0.465 e. The van der Waals surface area contributed by atoms with E-state index in [9.17, 15) is 9.90 Å². The summed E-state index contributed by atoms with van der Waals surface area (Å²) in [5.41, 5.74) is 2.54. The molecule has 1 aromatic carbocycles. The van der Waals surface area contributed by atoms with E-state index in [-0.39, 0.29) is 17.7 Å². The molecule has 4 fully saturated rings. The second kappa shape index (κ2) is 13.3. The van der Waals surface area contributed by atoms with E-state index in [1.165, 1.54) is 25.7 Å². The molecule has 3 aromatic rings. The second-order valence-corrected chi connectivity index (χ2v) is 13.4. The number of aromatic nitrogens is 4. The van der Waals surface area contributed by atoms with Gasteiger partial charge in [-0.05, 0) is 75.2 Å². The first-order valence-corrected chi connectivity index (χ1v) is 17.0. The second-order valence-electron chi connectivity index (χ2n) is 13.4. The Balaban J connectivity index is 1.40. The number of amidine groups is 1. The van der Waals surface area contributed by atoms with E-state index in [1.54, 1.807) is 0 Å². The average Bonchev–Trinajstić information content (AvgIpc) is 3.42. The van der Waals surface area contributed by atoms with Crippen LogP contribution in [-0.2, 0) is 11.3 Å². The van der Waals surface area contributed by atoms with Crippen LogP contribution in [0.25, 0.3) is 11.2 Å². The van der Waals surface area contributed by atoms with Crippen LogP contribution < -0.4 is 15.1 Å². The molecule has 46 heavy (non-hydrogen) atoms. The Morgan fingerprint density at radius 1 is 1.00 bits per heavy atom. The molecular weight excluding hydrogens is 580 g/mol. The number of rotatable bonds is 7. The third kappa shape index (κ3) is 6.03. The van der Waals surface area contributed by atoms with Crippen LogP contribution in [0.1, 0.15) is 81.6 Å². The number of nitrogens with one attached hydrogen (secondary N) is 2. The molecule has 4 aliphatic rings. The Morgan fingerprint density at radius 2 is 1.80 bits per heavy atom. The molecule has 11 heteroatoms. The van der Waals surface area contributed by atoms with Crippen LogP contribution in [0.4, 0.5) is 16.6 Å². The van der Waals surface area contributed by atoms with Crippen molar-refractivity contribution in [2.24, 2.45) is 17.8 Å². The first-order chi connectivity index (χ1) is 22.5. The number of ether oxygens (including phenoxy) is 1. The van der Waals surface area contributed by atoms with E-state index in [1.807, 2.05) is 6.07 Å². The van der Waals surface area contributed by atoms with Crippen molar-refractivity contribution in [3.63, 3.8) is 0 Å². The molecule has 2 saturated heterocycles. The topological polar surface area (TPSA) is 132 Å². The van der Waals surface area contributed by atoms with Gasteiger partial charge in [0.2, 0.25) is 5.95 Å². The minimum Gasteiger partial charge on any atom is -0.465 e. The molecule has 2 saturated carbocycles. The van der Waals surface area contributed by atoms with Crippen LogP contribution in [0.2, 0.25) is 0 Å². The van der Waals surface area contributed by atoms with E-state index in [2.05, 4.69) is 49.9 Å². The molecule has 4 heterocycles. The van der Waals surface area contributed by atoms with Gasteiger partial charge in [-0.25, -0.2) is 14.8 Å². The monoisotopic (exact) mass is 624 g/mol. The lowest BCUT2D eigenvalue weighted by Crippen LogP contribution is -2.47. The molecule has 242 valence electrons. The zero-order valence-corrected chi connectivity index (χ0v) is 26.4. The summed E-state index contributed by atoms with van der Waals surface area (Å²) in [7, 11) is 0. The first kappa shape index (κ1) is 30.5. The van der Waals surface area contributed by atoms with Gasteiger partial charge in [0.25, 0.3) is 0 Å². The fourth-order valence-corrected chi connectivity index (χ4v) is 7.97. The molecule has 2 aromatic heterocycles. The number of carbonyl (C=O) groups is 1. The molecule has 7 rings (SSSR count). The number of hydrogen-bond donors (Lipinski definition) is 3. The van der Waals surface area contributed by atoms with E-state index >= 15 is 0 Å². The van der Waals surface area contributed by atoms with E-state index < -0.39 is 6.09 Å². The highest BCUT2D eigenvalue weighted by Gasteiger charge is 2.38. The van der Waals surface area contributed by atoms with Gasteiger partial charge in [-0.2, -0.15) is 4.98 Å². The van der Waals surface area contributed by atoms with Crippen molar-refractivity contribution in [3.8, 4) is 12.3 Å². The SMILES string of the molecule is C#C[C@H]1CC[C@H](Cn2c(N3CCOC[C@H]3c3ccccc3)nc3nc(C(=N)NC(=O)O)nc(N4CCCCC4C4CCC4)c32)CC1. The zero-order chi connectivity index (χ0) is 31.6. The van der Waals surface area contributed by atoms with E-state index in [0.717, 1.165) is 74.5 Å². The van der Waals surface area contributed by atoms with Gasteiger partial charge in [-0.3, -0.25) is 10.7 Å². The maximum absolute atomic E-state index is 11.6. The summed E-state index contributed by atoms with van der Waals surface area (Å²) in [6.07, 6.45) is 15.7. The van der Waals surface area contributed by atoms with E-state index in [4.69, 9.17) is 31.5 Å². The summed E-state index contributed by atoms with van der Waals surface area (Å²) in [4.78, 5) is 31.4. The molecule has 1 unspecified atom stereocenters. The van der Waals surface area contributed by atoms with Crippen LogP contribution in [-0.4, -0.2) is 68.9 Å². The Hall–Kier alpha value is -4.17. The fourth-order valence-electron chi connectivity index (χ4n) is 7.97. The maximum atomic E-state index is 11.6. The van der Waals surface area contributed by atoms with Gasteiger partial charge in [0.05, 0.1) is 19.3 Å². The predicted molar refractivity (Wildman–Crippen MR) is 177 cm³/mol. The third-order valence-corrected chi connectivity index (χ3v) is 10.6. The number of fused-ring (bicyclic) bond motifs is 1. The normalized spacial score (nSPS) is 25.5. The number of nitrogens with zero attached hydrogens (tertiary/aromatic N) is 6. The molecule has 0 radical (unpaired) electrons. The number of morpholine rings is 1. The number of hydrogen-bond acceptors (Lipinski definition) is 8. The molecule has 1 amide bonds. The van der Waals surface area contributed by atoms with Gasteiger partial charge in [0.15, 0.2) is 23.1 Å². The lowest BCUT2D eigenvalue weighted by Gasteiger charge is -2.45. The molecule has 0 bridgehead atoms. The van der Waals surface area contributed by atoms with Crippen LogP contribution >= 0.6 is 0 Å². The highest BCUT2D eigenvalue weighted by molar-refractivity contribution is 6.03. The summed E-state index contributed by atoms with van der Waals surface area (Å²) < 4.78 is 8.36. The highest BCUT2D eigenvalue weighted by atomic mass is 16.5. The molecule has 2 aliphatic heterocycles. The lowest BCUT2D eigenvalue weighted by atomic mass is 9.76. The summed E-state index contributed by atoms with van der Waals surface area (Å²) in [5.74, 6) is 5.66. The third-order valence-electron chi connectivity index (χ3n) is 10.6. The van der Waals surface area contributed by atoms with Crippen molar-refractivity contribution in [1.29, 1.82) is 5.41 Å². The van der Waals surface area contributed by atoms with Gasteiger partial charge in [-0.1, -0.05) is 36.8 Å². The van der Waals surface area contributed by atoms with E-state index in [0.29, 0.717) is 49.2 Å². The molecule has 3 N–H and O–H groups in total. The molecule has 0 spiro atoms. The van der Waals surface area contributed by atoms with Crippen molar-refractivity contribution in [3.05, 3.63) is 41.7 Å².